The van der Waals surface area contributed by atoms with Crippen LogP contribution in [0.4, 0.5) is 0 Å². The lowest BCUT2D eigenvalue weighted by atomic mass is 10.0. The number of phenols is 2. The lowest BCUT2D eigenvalue weighted by Gasteiger charge is -2.33. The van der Waals surface area contributed by atoms with Crippen molar-refractivity contribution in [1.82, 2.24) is 4.90 Å². The summed E-state index contributed by atoms with van der Waals surface area (Å²) in [5, 5.41) is 20.1. The van der Waals surface area contributed by atoms with E-state index >= 15 is 0 Å². The van der Waals surface area contributed by atoms with E-state index in [0.29, 0.717) is 0 Å². The number of rotatable bonds is 6. The molecule has 0 saturated carbocycles. The quantitative estimate of drug-likeness (QED) is 0.449. The summed E-state index contributed by atoms with van der Waals surface area (Å²) in [6.45, 7) is 4.09. The summed E-state index contributed by atoms with van der Waals surface area (Å²) in [7, 11) is 0. The van der Waals surface area contributed by atoms with E-state index in [4.69, 9.17) is 4.74 Å². The zero-order valence-electron chi connectivity index (χ0n) is 17.8. The minimum Gasteiger partial charge on any atom is -0.508 e. The molecule has 3 aromatic rings. The number of benzene rings is 3. The molecule has 5 rings (SSSR count). The Morgan fingerprint density at radius 3 is 2.03 bits per heavy atom. The van der Waals surface area contributed by atoms with Gasteiger partial charge in [-0.05, 0) is 79.5 Å². The largest absolute Gasteiger partial charge is 0.508 e. The Morgan fingerprint density at radius 2 is 1.34 bits per heavy atom. The summed E-state index contributed by atoms with van der Waals surface area (Å²) in [4.78, 5) is 4.73. The molecular weight excluding hydrogens is 438 g/mol. The van der Waals surface area contributed by atoms with Crippen LogP contribution in [0.1, 0.15) is 34.5 Å². The molecule has 2 heterocycles. The second-order valence-electron chi connectivity index (χ2n) is 8.27. The molecule has 2 aliphatic rings. The maximum Gasteiger partial charge on any atom is 0.119 e. The second kappa shape index (κ2) is 9.69. The van der Waals surface area contributed by atoms with Crippen molar-refractivity contribution in [3.05, 3.63) is 77.9 Å². The Morgan fingerprint density at radius 1 is 0.750 bits per heavy atom. The van der Waals surface area contributed by atoms with Crippen molar-refractivity contribution < 1.29 is 14.9 Å². The Hall–Kier alpha value is -2.28. The molecule has 4 nitrogen and oxygen atoms in total. The van der Waals surface area contributed by atoms with Crippen LogP contribution in [0.25, 0.3) is 0 Å². The highest BCUT2D eigenvalue weighted by Gasteiger charge is 2.32. The SMILES string of the molecule is Oc1ccc([C@H]2Sc3cc(O)ccc3S[C@H]2c2ccc(OCCN3CCCC3)cc2)cc1. The number of thioether (sulfide) groups is 2. The third-order valence-corrected chi connectivity index (χ3v) is 9.11. The van der Waals surface area contributed by atoms with Crippen LogP contribution in [-0.2, 0) is 0 Å². The lowest BCUT2D eigenvalue weighted by molar-refractivity contribution is 0.238. The molecule has 2 atom stereocenters. The molecule has 0 aliphatic carbocycles. The fraction of sp³-hybridized carbons (Fsp3) is 0.308. The Balaban J connectivity index is 1.35. The predicted molar refractivity (Wildman–Crippen MR) is 131 cm³/mol. The van der Waals surface area contributed by atoms with Crippen molar-refractivity contribution >= 4 is 23.5 Å². The van der Waals surface area contributed by atoms with Crippen LogP contribution in [0, 0.1) is 0 Å². The molecule has 0 bridgehead atoms. The van der Waals surface area contributed by atoms with Gasteiger partial charge < -0.3 is 14.9 Å². The van der Waals surface area contributed by atoms with Crippen LogP contribution in [-0.4, -0.2) is 41.4 Å². The highest BCUT2D eigenvalue weighted by atomic mass is 32.2. The summed E-state index contributed by atoms with van der Waals surface area (Å²) in [5.41, 5.74) is 2.40. The maximum absolute atomic E-state index is 9.96. The standard InChI is InChI=1S/C26H27NO3S2/c28-20-7-3-18(4-8-20)26-25(31-23-12-9-21(29)17-24(23)32-26)19-5-10-22(11-6-19)30-16-15-27-13-1-2-14-27/h3-12,17,25-26,28-29H,1-2,13-16H2/t25-,26+/m0/s1. The summed E-state index contributed by atoms with van der Waals surface area (Å²) in [6.07, 6.45) is 2.60. The molecule has 166 valence electrons. The smallest absolute Gasteiger partial charge is 0.119 e. The van der Waals surface area contributed by atoms with Gasteiger partial charge in [-0.15, -0.1) is 23.5 Å². The third-order valence-electron chi connectivity index (χ3n) is 6.02. The number of ether oxygens (including phenoxy) is 1. The molecule has 0 aromatic heterocycles. The summed E-state index contributed by atoms with van der Waals surface area (Å²) in [6, 6.07) is 21.5. The van der Waals surface area contributed by atoms with E-state index in [1.54, 1.807) is 30.0 Å². The highest BCUT2D eigenvalue weighted by molar-refractivity contribution is 8.06. The van der Waals surface area contributed by atoms with E-state index in [1.165, 1.54) is 36.4 Å². The number of phenolic OH excluding ortho intramolecular Hbond substituents is 2. The Kier molecular flexibility index (Phi) is 6.53. The number of hydrogen-bond donors (Lipinski definition) is 2. The third kappa shape index (κ3) is 4.87. The molecule has 0 unspecified atom stereocenters. The van der Waals surface area contributed by atoms with Crippen molar-refractivity contribution in [2.24, 2.45) is 0 Å². The van der Waals surface area contributed by atoms with Gasteiger partial charge in [0.2, 0.25) is 0 Å². The molecule has 0 amide bonds. The van der Waals surface area contributed by atoms with Crippen LogP contribution < -0.4 is 4.74 Å². The molecule has 0 radical (unpaired) electrons. The van der Waals surface area contributed by atoms with E-state index in [2.05, 4.69) is 29.2 Å². The van der Waals surface area contributed by atoms with E-state index < -0.39 is 0 Å². The van der Waals surface area contributed by atoms with Crippen molar-refractivity contribution in [3.63, 3.8) is 0 Å². The first kappa shape index (κ1) is 21.6. The normalized spacial score (nSPS) is 20.8. The van der Waals surface area contributed by atoms with Gasteiger partial charge in [0.25, 0.3) is 0 Å². The van der Waals surface area contributed by atoms with E-state index in [9.17, 15) is 10.2 Å². The molecule has 2 N–H and O–H groups in total. The van der Waals surface area contributed by atoms with Crippen molar-refractivity contribution in [1.29, 1.82) is 0 Å². The summed E-state index contributed by atoms with van der Waals surface area (Å²) >= 11 is 3.59. The van der Waals surface area contributed by atoms with Gasteiger partial charge in [-0.25, -0.2) is 0 Å². The Labute approximate surface area is 197 Å². The molecule has 1 saturated heterocycles. The van der Waals surface area contributed by atoms with E-state index in [1.807, 2.05) is 36.0 Å². The van der Waals surface area contributed by atoms with Gasteiger partial charge in [0, 0.05) is 16.3 Å². The second-order valence-corrected chi connectivity index (χ2v) is 10.6. The average molecular weight is 466 g/mol. The van der Waals surface area contributed by atoms with Crippen LogP contribution >= 0.6 is 23.5 Å². The van der Waals surface area contributed by atoms with Gasteiger partial charge in [0.15, 0.2) is 0 Å². The molecule has 2 aliphatic heterocycles. The molecule has 32 heavy (non-hydrogen) atoms. The van der Waals surface area contributed by atoms with Gasteiger partial charge in [-0.1, -0.05) is 24.3 Å². The van der Waals surface area contributed by atoms with Gasteiger partial charge in [0.05, 0.1) is 10.5 Å². The average Bonchev–Trinajstić information content (AvgIpc) is 3.33. The number of likely N-dealkylation sites (tertiary alicyclic amines) is 1. The van der Waals surface area contributed by atoms with Crippen molar-refractivity contribution in [2.45, 2.75) is 33.1 Å². The van der Waals surface area contributed by atoms with E-state index in [0.717, 1.165) is 29.4 Å². The topological polar surface area (TPSA) is 52.9 Å². The van der Waals surface area contributed by atoms with Gasteiger partial charge in [-0.3, -0.25) is 4.90 Å². The minimum atomic E-state index is 0.164. The monoisotopic (exact) mass is 465 g/mol. The fourth-order valence-corrected chi connectivity index (χ4v) is 7.30. The minimum absolute atomic E-state index is 0.164. The summed E-state index contributed by atoms with van der Waals surface area (Å²) < 4.78 is 6.00. The molecule has 3 aromatic carbocycles. The molecule has 6 heteroatoms. The predicted octanol–water partition coefficient (Wildman–Crippen LogP) is 6.25. The van der Waals surface area contributed by atoms with E-state index in [-0.39, 0.29) is 22.0 Å². The zero-order chi connectivity index (χ0) is 21.9. The first-order valence-corrected chi connectivity index (χ1v) is 12.8. The fourth-order valence-electron chi connectivity index (χ4n) is 4.29. The lowest BCUT2D eigenvalue weighted by Crippen LogP contribution is -2.25. The molecular formula is C26H27NO3S2. The van der Waals surface area contributed by atoms with Gasteiger partial charge in [-0.2, -0.15) is 0 Å². The zero-order valence-corrected chi connectivity index (χ0v) is 19.4. The summed E-state index contributed by atoms with van der Waals surface area (Å²) in [5.74, 6) is 1.47. The molecule has 1 fully saturated rings. The van der Waals surface area contributed by atoms with Crippen LogP contribution in [0.3, 0.4) is 0 Å². The van der Waals surface area contributed by atoms with Crippen molar-refractivity contribution in [2.75, 3.05) is 26.2 Å². The number of nitrogens with zero attached hydrogens (tertiary/aromatic N) is 1. The number of aromatic hydroxyl groups is 2. The molecule has 0 spiro atoms. The Bertz CT molecular complexity index is 1050. The maximum atomic E-state index is 9.96. The van der Waals surface area contributed by atoms with Gasteiger partial charge >= 0.3 is 0 Å². The van der Waals surface area contributed by atoms with Crippen LogP contribution in [0.5, 0.6) is 17.2 Å². The first-order chi connectivity index (χ1) is 15.7. The number of hydrogen-bond acceptors (Lipinski definition) is 6. The van der Waals surface area contributed by atoms with Gasteiger partial charge in [0.1, 0.15) is 23.9 Å². The van der Waals surface area contributed by atoms with Crippen molar-refractivity contribution in [3.8, 4) is 17.2 Å². The highest BCUT2D eigenvalue weighted by Crippen LogP contribution is 2.59. The number of fused-ring (bicyclic) bond motifs is 1. The van der Waals surface area contributed by atoms with Crippen LogP contribution in [0.2, 0.25) is 0 Å². The van der Waals surface area contributed by atoms with Crippen LogP contribution in [0.15, 0.2) is 76.5 Å². The first-order valence-electron chi connectivity index (χ1n) is 11.1.